The van der Waals surface area contributed by atoms with Gasteiger partial charge in [-0.25, -0.2) is 0 Å². The van der Waals surface area contributed by atoms with Gasteiger partial charge < -0.3 is 0 Å². The van der Waals surface area contributed by atoms with Crippen molar-refractivity contribution in [2.24, 2.45) is 0 Å². The van der Waals surface area contributed by atoms with E-state index in [0.29, 0.717) is 0 Å². The molecular formula is C7H7BrClFZn. The second-order valence-electron chi connectivity index (χ2n) is 2.03. The minimum atomic E-state index is -0.940. The van der Waals surface area contributed by atoms with Crippen LogP contribution in [0, 0.1) is 5.82 Å². The van der Waals surface area contributed by atoms with Crippen molar-refractivity contribution in [2.75, 3.05) is 0 Å². The molecule has 0 N–H and O–H groups in total. The van der Waals surface area contributed by atoms with Gasteiger partial charge in [-0.1, -0.05) is 0 Å². The van der Waals surface area contributed by atoms with Gasteiger partial charge in [-0.15, -0.1) is 17.0 Å². The molecule has 0 unspecified atom stereocenters. The Morgan fingerprint density at radius 1 is 1.36 bits per heavy atom. The molecule has 0 saturated heterocycles. The predicted molar refractivity (Wildman–Crippen MR) is 46.3 cm³/mol. The Kier molecular flexibility index (Phi) is 6.40. The molecule has 0 atom stereocenters. The van der Waals surface area contributed by atoms with Crippen LogP contribution in [-0.4, -0.2) is 0 Å². The SMILES string of the molecule is Br.Fc1ccccc1[CH2][Zn][Cl]. The third kappa shape index (κ3) is 3.64. The van der Waals surface area contributed by atoms with Gasteiger partial charge in [-0.05, 0) is 0 Å². The van der Waals surface area contributed by atoms with Crippen LogP contribution in [0.3, 0.4) is 0 Å². The van der Waals surface area contributed by atoms with Gasteiger partial charge in [-0.3, -0.25) is 0 Å². The predicted octanol–water partition coefficient (Wildman–Crippen LogP) is 3.14. The van der Waals surface area contributed by atoms with Gasteiger partial charge in [0.1, 0.15) is 0 Å². The van der Waals surface area contributed by atoms with Crippen LogP contribution in [0.5, 0.6) is 0 Å². The van der Waals surface area contributed by atoms with E-state index in [2.05, 4.69) is 0 Å². The molecule has 58 valence electrons. The Morgan fingerprint density at radius 3 is 2.55 bits per heavy atom. The second kappa shape index (κ2) is 6.10. The Bertz CT molecular complexity index is 219. The standard InChI is InChI=1S/C7H6F.BrH.ClH.Zn/c1-6-4-2-3-5-7(6)8;;;/h2-5H,1H2;2*1H;/q;;;+1/p-1. The van der Waals surface area contributed by atoms with Crippen molar-refractivity contribution in [3.63, 3.8) is 0 Å². The first kappa shape index (κ1) is 11.5. The summed E-state index contributed by atoms with van der Waals surface area (Å²) in [5.74, 6) is -0.117. The number of hydrogen-bond acceptors (Lipinski definition) is 0. The van der Waals surface area contributed by atoms with Gasteiger partial charge in [0.2, 0.25) is 0 Å². The first-order valence-electron chi connectivity index (χ1n) is 3.14. The molecule has 0 aliphatic carbocycles. The van der Waals surface area contributed by atoms with Crippen molar-refractivity contribution in [3.05, 3.63) is 35.6 Å². The quantitative estimate of drug-likeness (QED) is 0.734. The van der Waals surface area contributed by atoms with Crippen molar-refractivity contribution < 1.29 is 20.5 Å². The summed E-state index contributed by atoms with van der Waals surface area (Å²) in [6.07, 6.45) is 0. The molecule has 0 saturated carbocycles. The van der Waals surface area contributed by atoms with Crippen molar-refractivity contribution in [1.82, 2.24) is 0 Å². The summed E-state index contributed by atoms with van der Waals surface area (Å²) in [6, 6.07) is 6.81. The fourth-order valence-electron chi connectivity index (χ4n) is 0.803. The maximum atomic E-state index is 12.7. The average molecular weight is 291 g/mol. The molecule has 0 aromatic heterocycles. The number of benzene rings is 1. The van der Waals surface area contributed by atoms with E-state index in [9.17, 15) is 4.39 Å². The third-order valence-electron chi connectivity index (χ3n) is 1.32. The molecule has 1 aromatic carbocycles. The van der Waals surface area contributed by atoms with Crippen molar-refractivity contribution in [1.29, 1.82) is 0 Å². The van der Waals surface area contributed by atoms with Crippen LogP contribution in [0.15, 0.2) is 24.3 Å². The fraction of sp³-hybridized carbons (Fsp3) is 0.143. The third-order valence-corrected chi connectivity index (χ3v) is 3.83. The number of hydrogen-bond donors (Lipinski definition) is 0. The summed E-state index contributed by atoms with van der Waals surface area (Å²) in [7, 11) is 5.63. The molecule has 0 heterocycles. The molecule has 0 nitrogen and oxygen atoms in total. The van der Waals surface area contributed by atoms with Crippen molar-refractivity contribution in [3.8, 4) is 0 Å². The van der Waals surface area contributed by atoms with Gasteiger partial charge in [0.05, 0.1) is 0 Å². The van der Waals surface area contributed by atoms with Crippen LogP contribution in [0.1, 0.15) is 5.56 Å². The summed E-state index contributed by atoms with van der Waals surface area (Å²) >= 11 is -0.940. The zero-order valence-electron chi connectivity index (χ0n) is 5.89. The second-order valence-corrected chi connectivity index (χ2v) is 5.84. The summed E-state index contributed by atoms with van der Waals surface area (Å²) < 4.78 is 12.7. The maximum absolute atomic E-state index is 12.7. The molecule has 0 amide bonds. The van der Waals surface area contributed by atoms with E-state index in [1.165, 1.54) is 6.07 Å². The Morgan fingerprint density at radius 2 is 2.00 bits per heavy atom. The average Bonchev–Trinajstić information content (AvgIpc) is 1.94. The van der Waals surface area contributed by atoms with Gasteiger partial charge in [0.15, 0.2) is 0 Å². The van der Waals surface area contributed by atoms with Crippen LogP contribution >= 0.6 is 26.7 Å². The van der Waals surface area contributed by atoms with Gasteiger partial charge in [0, 0.05) is 0 Å². The molecule has 0 bridgehead atoms. The first-order valence-corrected chi connectivity index (χ1v) is 9.13. The van der Waals surface area contributed by atoms with E-state index in [0.717, 1.165) is 10.6 Å². The molecule has 0 radical (unpaired) electrons. The molecule has 0 fully saturated rings. The molecule has 11 heavy (non-hydrogen) atoms. The van der Waals surface area contributed by atoms with Crippen LogP contribution in [-0.2, 0) is 21.2 Å². The number of halogens is 3. The van der Waals surface area contributed by atoms with Crippen molar-refractivity contribution in [2.45, 2.75) is 5.02 Å². The molecule has 0 spiro atoms. The summed E-state index contributed by atoms with van der Waals surface area (Å²) in [4.78, 5) is 0. The summed E-state index contributed by atoms with van der Waals surface area (Å²) in [5.41, 5.74) is 0.775. The molecule has 1 rings (SSSR count). The van der Waals surface area contributed by atoms with Gasteiger partial charge in [0.25, 0.3) is 0 Å². The summed E-state index contributed by atoms with van der Waals surface area (Å²) in [5, 5.41) is 0.793. The van der Waals surface area contributed by atoms with Gasteiger partial charge >= 0.3 is 70.9 Å². The van der Waals surface area contributed by atoms with Crippen LogP contribution in [0.25, 0.3) is 0 Å². The zero-order chi connectivity index (χ0) is 7.40. The Hall–Kier alpha value is 0.543. The van der Waals surface area contributed by atoms with Gasteiger partial charge in [-0.2, -0.15) is 0 Å². The Labute approximate surface area is 87.5 Å². The molecular weight excluding hydrogens is 284 g/mol. The van der Waals surface area contributed by atoms with E-state index in [1.54, 1.807) is 12.1 Å². The Balaban J connectivity index is 0.000001000. The van der Waals surface area contributed by atoms with Crippen LogP contribution < -0.4 is 0 Å². The zero-order valence-corrected chi connectivity index (χ0v) is 11.3. The summed E-state index contributed by atoms with van der Waals surface area (Å²) in [6.45, 7) is 0. The van der Waals surface area contributed by atoms with E-state index in [4.69, 9.17) is 9.69 Å². The molecule has 4 heteroatoms. The topological polar surface area (TPSA) is 0 Å². The normalized spacial score (nSPS) is 8.18. The molecule has 0 aliphatic heterocycles. The van der Waals surface area contributed by atoms with Crippen LogP contribution in [0.4, 0.5) is 4.39 Å². The van der Waals surface area contributed by atoms with E-state index >= 15 is 0 Å². The molecule has 1 aromatic rings. The number of rotatable bonds is 2. The minimum absolute atomic E-state index is 0. The van der Waals surface area contributed by atoms with E-state index in [-0.39, 0.29) is 22.8 Å². The van der Waals surface area contributed by atoms with E-state index < -0.39 is 16.1 Å². The monoisotopic (exact) mass is 288 g/mol. The van der Waals surface area contributed by atoms with E-state index in [1.807, 2.05) is 6.07 Å². The fourth-order valence-corrected chi connectivity index (χ4v) is 3.14. The first-order chi connectivity index (χ1) is 4.84. The molecule has 0 aliphatic rings. The van der Waals surface area contributed by atoms with Crippen LogP contribution in [0.2, 0.25) is 0 Å². The van der Waals surface area contributed by atoms with Crippen molar-refractivity contribution >= 4 is 26.7 Å².